The maximum absolute atomic E-state index is 13.2. The number of aryl methyl sites for hydroxylation is 1. The molecule has 6 heteroatoms. The standard InChI is InChI=1S/C25H32Cl2N2O2/c1-5-14-28-25(31)18(4)29(16-21-11-12-22(26)15-23(21)27)24(30)13-8-19-6-9-20(10-7-19)17(2)3/h6-7,9-12,15,17-18H,5,8,13-14,16H2,1-4H3,(H,28,31). The summed E-state index contributed by atoms with van der Waals surface area (Å²) in [6, 6.07) is 12.9. The van der Waals surface area contributed by atoms with Gasteiger partial charge in [0.2, 0.25) is 11.8 Å². The van der Waals surface area contributed by atoms with Crippen molar-refractivity contribution in [1.29, 1.82) is 0 Å². The molecular formula is C25H32Cl2N2O2. The molecule has 0 aliphatic rings. The molecule has 2 aromatic carbocycles. The van der Waals surface area contributed by atoms with Crippen molar-refractivity contribution in [2.45, 2.75) is 65.5 Å². The van der Waals surface area contributed by atoms with Gasteiger partial charge >= 0.3 is 0 Å². The second-order valence-corrected chi connectivity index (χ2v) is 8.96. The van der Waals surface area contributed by atoms with E-state index in [2.05, 4.69) is 43.4 Å². The Morgan fingerprint density at radius 1 is 1.03 bits per heavy atom. The van der Waals surface area contributed by atoms with E-state index >= 15 is 0 Å². The quantitative estimate of drug-likeness (QED) is 0.470. The zero-order valence-electron chi connectivity index (χ0n) is 18.8. The highest BCUT2D eigenvalue weighted by atomic mass is 35.5. The summed E-state index contributed by atoms with van der Waals surface area (Å²) < 4.78 is 0. The van der Waals surface area contributed by atoms with Crippen LogP contribution < -0.4 is 5.32 Å². The van der Waals surface area contributed by atoms with E-state index in [4.69, 9.17) is 23.2 Å². The Labute approximate surface area is 195 Å². The van der Waals surface area contributed by atoms with Crippen molar-refractivity contribution in [3.63, 3.8) is 0 Å². The summed E-state index contributed by atoms with van der Waals surface area (Å²) in [5, 5.41) is 3.90. The molecule has 2 rings (SSSR count). The Morgan fingerprint density at radius 2 is 1.71 bits per heavy atom. The van der Waals surface area contributed by atoms with Gasteiger partial charge in [-0.15, -0.1) is 0 Å². The fraction of sp³-hybridized carbons (Fsp3) is 0.440. The zero-order valence-corrected chi connectivity index (χ0v) is 20.3. The van der Waals surface area contributed by atoms with Gasteiger partial charge in [-0.05, 0) is 54.5 Å². The lowest BCUT2D eigenvalue weighted by Gasteiger charge is -2.29. The van der Waals surface area contributed by atoms with Crippen LogP contribution in [-0.2, 0) is 22.6 Å². The second kappa shape index (κ2) is 12.1. The number of carbonyl (C=O) groups excluding carboxylic acids is 2. The number of benzene rings is 2. The van der Waals surface area contributed by atoms with Gasteiger partial charge in [0.05, 0.1) is 0 Å². The minimum Gasteiger partial charge on any atom is -0.354 e. The van der Waals surface area contributed by atoms with Gasteiger partial charge in [0, 0.05) is 29.6 Å². The van der Waals surface area contributed by atoms with Gasteiger partial charge in [-0.1, -0.05) is 74.3 Å². The Kier molecular flexibility index (Phi) is 9.86. The highest BCUT2D eigenvalue weighted by Crippen LogP contribution is 2.24. The van der Waals surface area contributed by atoms with E-state index in [1.807, 2.05) is 6.92 Å². The maximum atomic E-state index is 13.2. The Morgan fingerprint density at radius 3 is 2.29 bits per heavy atom. The molecule has 0 radical (unpaired) electrons. The van der Waals surface area contributed by atoms with Crippen molar-refractivity contribution in [3.05, 3.63) is 69.2 Å². The largest absolute Gasteiger partial charge is 0.354 e. The Hall–Kier alpha value is -2.04. The highest BCUT2D eigenvalue weighted by Gasteiger charge is 2.26. The van der Waals surface area contributed by atoms with E-state index in [1.54, 1.807) is 30.0 Å². The number of rotatable bonds is 10. The third kappa shape index (κ3) is 7.55. The van der Waals surface area contributed by atoms with Gasteiger partial charge in [-0.2, -0.15) is 0 Å². The predicted octanol–water partition coefficient (Wildman–Crippen LogP) is 5.99. The second-order valence-electron chi connectivity index (χ2n) is 8.12. The first-order chi connectivity index (χ1) is 14.7. The van der Waals surface area contributed by atoms with E-state index in [0.717, 1.165) is 17.5 Å². The maximum Gasteiger partial charge on any atom is 0.242 e. The van der Waals surface area contributed by atoms with E-state index in [1.165, 1.54) is 5.56 Å². The molecule has 2 amide bonds. The monoisotopic (exact) mass is 462 g/mol. The topological polar surface area (TPSA) is 49.4 Å². The SMILES string of the molecule is CCCNC(=O)C(C)N(Cc1ccc(Cl)cc1Cl)C(=O)CCc1ccc(C(C)C)cc1. The molecule has 31 heavy (non-hydrogen) atoms. The van der Waals surface area contributed by atoms with Crippen LogP contribution >= 0.6 is 23.2 Å². The molecule has 0 bridgehead atoms. The van der Waals surface area contributed by atoms with Crippen LogP contribution in [0.2, 0.25) is 10.0 Å². The summed E-state index contributed by atoms with van der Waals surface area (Å²) >= 11 is 12.3. The highest BCUT2D eigenvalue weighted by molar-refractivity contribution is 6.35. The number of carbonyl (C=O) groups is 2. The van der Waals surface area contributed by atoms with Crippen LogP contribution in [0.5, 0.6) is 0 Å². The smallest absolute Gasteiger partial charge is 0.242 e. The van der Waals surface area contributed by atoms with Gasteiger partial charge in [-0.3, -0.25) is 9.59 Å². The fourth-order valence-electron chi connectivity index (χ4n) is 3.28. The molecule has 1 N–H and O–H groups in total. The van der Waals surface area contributed by atoms with Crippen LogP contribution in [0, 0.1) is 0 Å². The summed E-state index contributed by atoms with van der Waals surface area (Å²) in [4.78, 5) is 27.4. The molecule has 0 heterocycles. The molecular weight excluding hydrogens is 431 g/mol. The van der Waals surface area contributed by atoms with Crippen molar-refractivity contribution >= 4 is 35.0 Å². The van der Waals surface area contributed by atoms with Crippen LogP contribution in [0.4, 0.5) is 0 Å². The van der Waals surface area contributed by atoms with Crippen molar-refractivity contribution in [2.24, 2.45) is 0 Å². The van der Waals surface area contributed by atoms with Crippen LogP contribution in [0.1, 0.15) is 63.1 Å². The first-order valence-corrected chi connectivity index (χ1v) is 11.6. The van der Waals surface area contributed by atoms with Crippen molar-refractivity contribution in [1.82, 2.24) is 10.2 Å². The fourth-order valence-corrected chi connectivity index (χ4v) is 3.74. The van der Waals surface area contributed by atoms with Crippen LogP contribution in [-0.4, -0.2) is 29.3 Å². The van der Waals surface area contributed by atoms with Gasteiger partial charge in [0.15, 0.2) is 0 Å². The average molecular weight is 463 g/mol. The van der Waals surface area contributed by atoms with Crippen LogP contribution in [0.15, 0.2) is 42.5 Å². The lowest BCUT2D eigenvalue weighted by molar-refractivity contribution is -0.140. The third-order valence-corrected chi connectivity index (χ3v) is 5.93. The number of nitrogens with zero attached hydrogens (tertiary/aromatic N) is 1. The average Bonchev–Trinajstić information content (AvgIpc) is 2.75. The Bertz CT molecular complexity index is 882. The molecule has 0 saturated carbocycles. The number of amides is 2. The van der Waals surface area contributed by atoms with Crippen LogP contribution in [0.3, 0.4) is 0 Å². The molecule has 4 nitrogen and oxygen atoms in total. The first-order valence-electron chi connectivity index (χ1n) is 10.8. The molecule has 168 valence electrons. The van der Waals surface area contributed by atoms with E-state index in [0.29, 0.717) is 35.3 Å². The molecule has 0 aliphatic heterocycles. The molecule has 0 aromatic heterocycles. The Balaban J connectivity index is 2.15. The summed E-state index contributed by atoms with van der Waals surface area (Å²) in [5.41, 5.74) is 3.14. The summed E-state index contributed by atoms with van der Waals surface area (Å²) in [7, 11) is 0. The van der Waals surface area contributed by atoms with Gasteiger partial charge in [0.25, 0.3) is 0 Å². The van der Waals surface area contributed by atoms with Gasteiger partial charge in [-0.25, -0.2) is 0 Å². The third-order valence-electron chi connectivity index (χ3n) is 5.35. The van der Waals surface area contributed by atoms with E-state index in [-0.39, 0.29) is 18.4 Å². The van der Waals surface area contributed by atoms with Crippen molar-refractivity contribution in [3.8, 4) is 0 Å². The number of nitrogens with one attached hydrogen (secondary N) is 1. The van der Waals surface area contributed by atoms with Gasteiger partial charge in [0.1, 0.15) is 6.04 Å². The van der Waals surface area contributed by atoms with Crippen molar-refractivity contribution < 1.29 is 9.59 Å². The zero-order chi connectivity index (χ0) is 23.0. The van der Waals surface area contributed by atoms with Crippen LogP contribution in [0.25, 0.3) is 0 Å². The molecule has 1 atom stereocenters. The molecule has 1 unspecified atom stereocenters. The number of halogens is 2. The molecule has 0 saturated heterocycles. The number of hydrogen-bond acceptors (Lipinski definition) is 2. The summed E-state index contributed by atoms with van der Waals surface area (Å²) in [6.07, 6.45) is 1.77. The minimum atomic E-state index is -0.603. The molecule has 0 aliphatic carbocycles. The van der Waals surface area contributed by atoms with Gasteiger partial charge < -0.3 is 10.2 Å². The molecule has 2 aromatic rings. The summed E-state index contributed by atoms with van der Waals surface area (Å²) in [5.74, 6) is 0.220. The first kappa shape index (κ1) is 25.2. The predicted molar refractivity (Wildman–Crippen MR) is 129 cm³/mol. The van der Waals surface area contributed by atoms with E-state index in [9.17, 15) is 9.59 Å². The minimum absolute atomic E-state index is 0.0851. The number of hydrogen-bond donors (Lipinski definition) is 1. The molecule has 0 spiro atoms. The summed E-state index contributed by atoms with van der Waals surface area (Å²) in [6.45, 7) is 8.89. The molecule has 0 fully saturated rings. The lowest BCUT2D eigenvalue weighted by Crippen LogP contribution is -2.47. The van der Waals surface area contributed by atoms with E-state index < -0.39 is 6.04 Å². The lowest BCUT2D eigenvalue weighted by atomic mass is 10.00. The van der Waals surface area contributed by atoms with Crippen molar-refractivity contribution in [2.75, 3.05) is 6.54 Å². The normalized spacial score (nSPS) is 12.0.